The van der Waals surface area contributed by atoms with E-state index in [0.717, 1.165) is 12.1 Å². The molecule has 0 heterocycles. The van der Waals surface area contributed by atoms with Crippen molar-refractivity contribution in [2.24, 2.45) is 0 Å². The largest absolute Gasteiger partial charge is 0.417 e. The van der Waals surface area contributed by atoms with Gasteiger partial charge in [-0.15, -0.1) is 0 Å². The number of hydrogen-bond donors (Lipinski definition) is 1. The molecule has 0 aliphatic carbocycles. The number of amides is 1. The Labute approximate surface area is 119 Å². The number of benzene rings is 2. The highest BCUT2D eigenvalue weighted by Gasteiger charge is 2.28. The first-order valence-corrected chi connectivity index (χ1v) is 6.08. The van der Waals surface area contributed by atoms with E-state index in [1.54, 1.807) is 30.3 Å². The zero-order chi connectivity index (χ0) is 15.5. The monoisotopic (exact) mass is 295 g/mol. The van der Waals surface area contributed by atoms with Gasteiger partial charge in [0.15, 0.2) is 0 Å². The fourth-order valence-corrected chi connectivity index (χ4v) is 1.68. The molecular weight excluding hydrogens is 283 g/mol. The van der Waals surface area contributed by atoms with Crippen LogP contribution in [0.2, 0.25) is 0 Å². The van der Waals surface area contributed by atoms with Crippen LogP contribution in [-0.2, 0) is 5.92 Å². The number of hydrogen-bond acceptors (Lipinski definition) is 2. The number of para-hydroxylation sites is 1. The van der Waals surface area contributed by atoms with E-state index in [4.69, 9.17) is 4.74 Å². The molecule has 6 heteroatoms. The number of nitrogens with one attached hydrogen (secondary N) is 1. The maximum absolute atomic E-state index is 13.3. The van der Waals surface area contributed by atoms with Crippen molar-refractivity contribution in [1.82, 2.24) is 0 Å². The first kappa shape index (κ1) is 14.9. The normalized spacial score (nSPS) is 11.0. The van der Waals surface area contributed by atoms with Gasteiger partial charge in [-0.3, -0.25) is 5.32 Å². The molecule has 110 valence electrons. The first-order chi connectivity index (χ1) is 9.86. The molecule has 0 aromatic heterocycles. The van der Waals surface area contributed by atoms with Gasteiger partial charge in [-0.1, -0.05) is 18.2 Å². The molecule has 2 aromatic carbocycles. The van der Waals surface area contributed by atoms with Crippen LogP contribution in [-0.4, -0.2) is 6.09 Å². The van der Waals surface area contributed by atoms with Crippen LogP contribution >= 0.6 is 0 Å². The van der Waals surface area contributed by atoms with Crippen LogP contribution in [0.5, 0.6) is 5.75 Å². The summed E-state index contributed by atoms with van der Waals surface area (Å²) in [6.07, 6.45) is -0.849. The molecule has 0 fully saturated rings. The van der Waals surface area contributed by atoms with Crippen molar-refractivity contribution < 1.29 is 22.7 Å². The number of carbonyl (C=O) groups is 1. The number of carbonyl (C=O) groups excluding carboxylic acids is 1. The second-order valence-corrected chi connectivity index (χ2v) is 4.41. The van der Waals surface area contributed by atoms with Gasteiger partial charge in [0.25, 0.3) is 5.92 Å². The molecular formula is C15H12F3NO2. The second-order valence-electron chi connectivity index (χ2n) is 4.41. The molecule has 0 unspecified atom stereocenters. The highest BCUT2D eigenvalue weighted by molar-refractivity contribution is 5.86. The molecule has 0 aliphatic heterocycles. The zero-order valence-electron chi connectivity index (χ0n) is 11.1. The highest BCUT2D eigenvalue weighted by atomic mass is 19.3. The minimum absolute atomic E-state index is 0.0221. The fourth-order valence-electron chi connectivity index (χ4n) is 1.68. The number of ether oxygens (including phenoxy) is 1. The van der Waals surface area contributed by atoms with Crippen LogP contribution in [0.4, 0.5) is 23.7 Å². The van der Waals surface area contributed by atoms with Crippen LogP contribution in [0.3, 0.4) is 0 Å². The summed E-state index contributed by atoms with van der Waals surface area (Å²) in [6.45, 7) is 0.581. The fraction of sp³-hybridized carbons (Fsp3) is 0.133. The summed E-state index contributed by atoms with van der Waals surface area (Å²) in [5, 5.41) is 2.27. The third-order valence-corrected chi connectivity index (χ3v) is 2.64. The third kappa shape index (κ3) is 3.98. The molecule has 0 bridgehead atoms. The number of rotatable bonds is 3. The van der Waals surface area contributed by atoms with Crippen LogP contribution in [0, 0.1) is 5.82 Å². The third-order valence-electron chi connectivity index (χ3n) is 2.64. The Kier molecular flexibility index (Phi) is 4.16. The maximum atomic E-state index is 13.3. The number of halogens is 3. The van der Waals surface area contributed by atoms with Crippen molar-refractivity contribution in [2.75, 3.05) is 5.32 Å². The van der Waals surface area contributed by atoms with Crippen molar-refractivity contribution in [3.05, 3.63) is 59.9 Å². The van der Waals surface area contributed by atoms with Gasteiger partial charge in [0, 0.05) is 12.6 Å². The molecule has 2 aromatic rings. The Morgan fingerprint density at radius 3 is 2.43 bits per heavy atom. The Hall–Kier alpha value is -2.50. The molecule has 0 spiro atoms. The number of alkyl halides is 2. The lowest BCUT2D eigenvalue weighted by Gasteiger charge is -2.13. The Morgan fingerprint density at radius 2 is 1.81 bits per heavy atom. The lowest BCUT2D eigenvalue weighted by atomic mass is 10.1. The van der Waals surface area contributed by atoms with Crippen molar-refractivity contribution in [1.29, 1.82) is 0 Å². The molecule has 3 nitrogen and oxygen atoms in total. The minimum Gasteiger partial charge on any atom is -0.410 e. The molecule has 0 aliphatic rings. The van der Waals surface area contributed by atoms with Crippen molar-refractivity contribution in [3.8, 4) is 5.75 Å². The lowest BCUT2D eigenvalue weighted by Crippen LogP contribution is -2.18. The quantitative estimate of drug-likeness (QED) is 0.902. The topological polar surface area (TPSA) is 38.3 Å². The van der Waals surface area contributed by atoms with E-state index in [0.29, 0.717) is 12.7 Å². The van der Waals surface area contributed by atoms with Crippen LogP contribution in [0.25, 0.3) is 0 Å². The van der Waals surface area contributed by atoms with E-state index >= 15 is 0 Å². The van der Waals surface area contributed by atoms with Gasteiger partial charge in [-0.2, -0.15) is 0 Å². The van der Waals surface area contributed by atoms with E-state index in [-0.39, 0.29) is 5.69 Å². The molecule has 0 atom stereocenters. The summed E-state index contributed by atoms with van der Waals surface area (Å²) in [4.78, 5) is 11.6. The summed E-state index contributed by atoms with van der Waals surface area (Å²) < 4.78 is 44.7. The molecule has 0 saturated heterocycles. The summed E-state index contributed by atoms with van der Waals surface area (Å²) in [5.41, 5.74) is -0.770. The van der Waals surface area contributed by atoms with E-state index in [2.05, 4.69) is 5.32 Å². The van der Waals surface area contributed by atoms with E-state index in [9.17, 15) is 18.0 Å². The molecule has 0 radical (unpaired) electrons. The van der Waals surface area contributed by atoms with Crippen molar-refractivity contribution >= 4 is 11.8 Å². The summed E-state index contributed by atoms with van der Waals surface area (Å²) in [6, 6.07) is 11.2. The van der Waals surface area contributed by atoms with E-state index in [1.807, 2.05) is 0 Å². The van der Waals surface area contributed by atoms with Gasteiger partial charge in [0.1, 0.15) is 11.6 Å². The maximum Gasteiger partial charge on any atom is 0.417 e. The predicted molar refractivity (Wildman–Crippen MR) is 72.1 cm³/mol. The SMILES string of the molecule is CC(F)(F)c1cc(NC(=O)Oc2ccccc2)ccc1F. The van der Waals surface area contributed by atoms with Crippen molar-refractivity contribution in [3.63, 3.8) is 0 Å². The number of anilines is 1. The van der Waals surface area contributed by atoms with Crippen LogP contribution in [0.1, 0.15) is 12.5 Å². The van der Waals surface area contributed by atoms with Gasteiger partial charge >= 0.3 is 6.09 Å². The Morgan fingerprint density at radius 1 is 1.14 bits per heavy atom. The minimum atomic E-state index is -3.34. The van der Waals surface area contributed by atoms with Crippen LogP contribution < -0.4 is 10.1 Å². The van der Waals surface area contributed by atoms with Crippen molar-refractivity contribution in [2.45, 2.75) is 12.8 Å². The molecule has 21 heavy (non-hydrogen) atoms. The summed E-state index contributed by atoms with van der Waals surface area (Å²) in [7, 11) is 0. The van der Waals surface area contributed by atoms with Crippen LogP contribution in [0.15, 0.2) is 48.5 Å². The lowest BCUT2D eigenvalue weighted by molar-refractivity contribution is 0.0138. The van der Waals surface area contributed by atoms with Gasteiger partial charge in [-0.25, -0.2) is 18.0 Å². The van der Waals surface area contributed by atoms with E-state index in [1.165, 1.54) is 6.07 Å². The average Bonchev–Trinajstić information content (AvgIpc) is 2.41. The molecule has 1 N–H and O–H groups in total. The predicted octanol–water partition coefficient (Wildman–Crippen LogP) is 4.55. The standard InChI is InChI=1S/C15H12F3NO2/c1-15(17,18)12-9-10(7-8-13(12)16)19-14(20)21-11-5-3-2-4-6-11/h2-9H,1H3,(H,19,20). The Bertz CT molecular complexity index is 639. The molecule has 0 saturated carbocycles. The Balaban J connectivity index is 2.11. The average molecular weight is 295 g/mol. The molecule has 2 rings (SSSR count). The highest BCUT2D eigenvalue weighted by Crippen LogP contribution is 2.31. The summed E-state index contributed by atoms with van der Waals surface area (Å²) >= 11 is 0. The van der Waals surface area contributed by atoms with Gasteiger partial charge in [0.05, 0.1) is 5.56 Å². The zero-order valence-corrected chi connectivity index (χ0v) is 11.1. The van der Waals surface area contributed by atoms with Gasteiger partial charge < -0.3 is 4.74 Å². The second kappa shape index (κ2) is 5.87. The van der Waals surface area contributed by atoms with Gasteiger partial charge in [0.2, 0.25) is 0 Å². The smallest absolute Gasteiger partial charge is 0.410 e. The van der Waals surface area contributed by atoms with E-state index < -0.39 is 23.4 Å². The summed E-state index contributed by atoms with van der Waals surface area (Å²) in [5.74, 6) is -4.08. The molecule has 1 amide bonds. The first-order valence-electron chi connectivity index (χ1n) is 6.08. The van der Waals surface area contributed by atoms with Gasteiger partial charge in [-0.05, 0) is 30.3 Å².